The van der Waals surface area contributed by atoms with Gasteiger partial charge in [0.15, 0.2) is 5.78 Å². The standard InChI is InChI=1S/C8H12N2O3/c1-5-3-4-6(7(5)11)9-10-8(12)13-2/h5H,3-4H2,1-2H3,(H,10,12)/b9-6+. The minimum atomic E-state index is -0.653. The Bertz CT molecular complexity index is 260. The largest absolute Gasteiger partial charge is 0.452 e. The fraction of sp³-hybridized carbons (Fsp3) is 0.625. The van der Waals surface area contributed by atoms with Crippen LogP contribution in [-0.4, -0.2) is 24.7 Å². The Balaban J connectivity index is 2.53. The maximum atomic E-state index is 11.3. The second-order valence-electron chi connectivity index (χ2n) is 2.97. The molecule has 1 fully saturated rings. The number of hydrogen-bond donors (Lipinski definition) is 1. The van der Waals surface area contributed by atoms with Crippen LogP contribution in [0.4, 0.5) is 4.79 Å². The third kappa shape index (κ3) is 2.27. The first-order valence-electron chi connectivity index (χ1n) is 4.10. The molecular formula is C8H12N2O3. The Kier molecular flexibility index (Phi) is 3.00. The molecule has 1 N–H and O–H groups in total. The molecule has 0 heterocycles. The van der Waals surface area contributed by atoms with Crippen LogP contribution in [0, 0.1) is 5.92 Å². The van der Waals surface area contributed by atoms with Gasteiger partial charge in [-0.25, -0.2) is 10.2 Å². The van der Waals surface area contributed by atoms with E-state index in [0.717, 1.165) is 6.42 Å². The smallest absolute Gasteiger partial charge is 0.427 e. The lowest BCUT2D eigenvalue weighted by molar-refractivity contribution is -0.115. The number of hydrogen-bond acceptors (Lipinski definition) is 4. The summed E-state index contributed by atoms with van der Waals surface area (Å²) in [6, 6.07) is 0. The molecule has 0 radical (unpaired) electrons. The van der Waals surface area contributed by atoms with Gasteiger partial charge in [-0.15, -0.1) is 0 Å². The zero-order valence-electron chi connectivity index (χ0n) is 7.66. The highest BCUT2D eigenvalue weighted by molar-refractivity contribution is 6.42. The van der Waals surface area contributed by atoms with Crippen molar-refractivity contribution in [2.45, 2.75) is 19.8 Å². The van der Waals surface area contributed by atoms with Crippen LogP contribution >= 0.6 is 0 Å². The van der Waals surface area contributed by atoms with Crippen molar-refractivity contribution in [2.24, 2.45) is 11.0 Å². The zero-order chi connectivity index (χ0) is 9.84. The topological polar surface area (TPSA) is 67.8 Å². The van der Waals surface area contributed by atoms with Crippen LogP contribution in [0.25, 0.3) is 0 Å². The van der Waals surface area contributed by atoms with Crippen molar-refractivity contribution in [3.8, 4) is 0 Å². The molecule has 1 aliphatic rings. The summed E-state index contributed by atoms with van der Waals surface area (Å²) in [5.41, 5.74) is 2.56. The van der Waals surface area contributed by atoms with Gasteiger partial charge < -0.3 is 4.74 Å². The van der Waals surface area contributed by atoms with Gasteiger partial charge in [0, 0.05) is 5.92 Å². The lowest BCUT2D eigenvalue weighted by Gasteiger charge is -1.98. The quantitative estimate of drug-likeness (QED) is 0.610. The fourth-order valence-corrected chi connectivity index (χ4v) is 1.16. The van der Waals surface area contributed by atoms with Crippen LogP contribution in [-0.2, 0) is 9.53 Å². The molecule has 5 nitrogen and oxygen atoms in total. The normalized spacial score (nSPS) is 24.9. The van der Waals surface area contributed by atoms with Crippen LogP contribution in [0.3, 0.4) is 0 Å². The third-order valence-corrected chi connectivity index (χ3v) is 2.01. The Hall–Kier alpha value is -1.39. The molecule has 72 valence electrons. The number of nitrogens with one attached hydrogen (secondary N) is 1. The SMILES string of the molecule is COC(=O)N/N=C1\CCC(C)C1=O. The van der Waals surface area contributed by atoms with Gasteiger partial charge >= 0.3 is 6.09 Å². The monoisotopic (exact) mass is 184 g/mol. The molecule has 1 unspecified atom stereocenters. The minimum Gasteiger partial charge on any atom is -0.452 e. The second-order valence-corrected chi connectivity index (χ2v) is 2.97. The summed E-state index contributed by atoms with van der Waals surface area (Å²) in [6.45, 7) is 1.85. The van der Waals surface area contributed by atoms with Crippen LogP contribution in [0.5, 0.6) is 0 Å². The molecule has 1 atom stereocenters. The van der Waals surface area contributed by atoms with Crippen molar-refractivity contribution in [1.82, 2.24) is 5.43 Å². The van der Waals surface area contributed by atoms with E-state index >= 15 is 0 Å². The lowest BCUT2D eigenvalue weighted by Crippen LogP contribution is -2.21. The summed E-state index contributed by atoms with van der Waals surface area (Å²) in [5.74, 6) is 0.0367. The van der Waals surface area contributed by atoms with Crippen molar-refractivity contribution in [2.75, 3.05) is 7.11 Å². The number of hydrazone groups is 1. The van der Waals surface area contributed by atoms with Gasteiger partial charge in [0.1, 0.15) is 5.71 Å². The third-order valence-electron chi connectivity index (χ3n) is 2.01. The van der Waals surface area contributed by atoms with Crippen LogP contribution in [0.1, 0.15) is 19.8 Å². The summed E-state index contributed by atoms with van der Waals surface area (Å²) in [6.07, 6.45) is 0.782. The Labute approximate surface area is 76.1 Å². The minimum absolute atomic E-state index is 0.0106. The van der Waals surface area contributed by atoms with Crippen molar-refractivity contribution in [1.29, 1.82) is 0 Å². The second kappa shape index (κ2) is 4.02. The Morgan fingerprint density at radius 2 is 2.38 bits per heavy atom. The van der Waals surface area contributed by atoms with Crippen molar-refractivity contribution < 1.29 is 14.3 Å². The van der Waals surface area contributed by atoms with E-state index in [1.165, 1.54) is 7.11 Å². The molecule has 0 aromatic heterocycles. The number of methoxy groups -OCH3 is 1. The summed E-state index contributed by atoms with van der Waals surface area (Å²) in [5, 5.41) is 3.67. The van der Waals surface area contributed by atoms with Gasteiger partial charge in [-0.3, -0.25) is 4.79 Å². The van der Waals surface area contributed by atoms with Gasteiger partial charge in [0.05, 0.1) is 7.11 Å². The van der Waals surface area contributed by atoms with Crippen molar-refractivity contribution >= 4 is 17.6 Å². The van der Waals surface area contributed by atoms with Crippen LogP contribution < -0.4 is 5.43 Å². The van der Waals surface area contributed by atoms with Crippen LogP contribution in [0.15, 0.2) is 5.10 Å². The van der Waals surface area contributed by atoms with E-state index in [4.69, 9.17) is 0 Å². The number of ether oxygens (including phenoxy) is 1. The van der Waals surface area contributed by atoms with Gasteiger partial charge in [-0.2, -0.15) is 5.10 Å². The first-order valence-corrected chi connectivity index (χ1v) is 4.10. The van der Waals surface area contributed by atoms with E-state index in [1.807, 2.05) is 6.92 Å². The van der Waals surface area contributed by atoms with Gasteiger partial charge in [-0.05, 0) is 12.8 Å². The maximum absolute atomic E-state index is 11.3. The van der Waals surface area contributed by atoms with E-state index in [0.29, 0.717) is 12.1 Å². The molecule has 0 bridgehead atoms. The number of ketones is 1. The number of amides is 1. The summed E-state index contributed by atoms with van der Waals surface area (Å²) < 4.78 is 4.30. The average molecular weight is 184 g/mol. The molecule has 13 heavy (non-hydrogen) atoms. The summed E-state index contributed by atoms with van der Waals surface area (Å²) >= 11 is 0. The molecule has 1 saturated carbocycles. The molecule has 0 spiro atoms. The van der Waals surface area contributed by atoms with Crippen molar-refractivity contribution in [3.63, 3.8) is 0 Å². The van der Waals surface area contributed by atoms with Crippen molar-refractivity contribution in [3.05, 3.63) is 0 Å². The van der Waals surface area contributed by atoms with Crippen LogP contribution in [0.2, 0.25) is 0 Å². The highest BCUT2D eigenvalue weighted by Crippen LogP contribution is 2.18. The molecule has 0 aromatic rings. The molecule has 0 aromatic carbocycles. The van der Waals surface area contributed by atoms with E-state index in [1.54, 1.807) is 0 Å². The van der Waals surface area contributed by atoms with Gasteiger partial charge in [0.2, 0.25) is 0 Å². The molecule has 0 aliphatic heterocycles. The molecule has 1 rings (SSSR count). The van der Waals surface area contributed by atoms with Gasteiger partial charge in [-0.1, -0.05) is 6.92 Å². The van der Waals surface area contributed by atoms with E-state index in [-0.39, 0.29) is 11.7 Å². The van der Waals surface area contributed by atoms with E-state index < -0.39 is 6.09 Å². The predicted octanol–water partition coefficient (Wildman–Crippen LogP) is 0.697. The number of carbonyl (C=O) groups excluding carboxylic acids is 2. The first-order chi connectivity index (χ1) is 6.15. The lowest BCUT2D eigenvalue weighted by atomic mass is 10.1. The van der Waals surface area contributed by atoms with E-state index in [9.17, 15) is 9.59 Å². The predicted molar refractivity (Wildman–Crippen MR) is 46.4 cm³/mol. The highest BCUT2D eigenvalue weighted by Gasteiger charge is 2.26. The molecular weight excluding hydrogens is 172 g/mol. The zero-order valence-corrected chi connectivity index (χ0v) is 7.66. The van der Waals surface area contributed by atoms with Gasteiger partial charge in [0.25, 0.3) is 0 Å². The van der Waals surface area contributed by atoms with E-state index in [2.05, 4.69) is 15.3 Å². The number of carbonyl (C=O) groups is 2. The molecule has 1 amide bonds. The number of Topliss-reactive ketones (excluding diaryl/α,β-unsaturated/α-hetero) is 1. The summed E-state index contributed by atoms with van der Waals surface area (Å²) in [4.78, 5) is 21.9. The fourth-order valence-electron chi connectivity index (χ4n) is 1.16. The molecule has 5 heteroatoms. The molecule has 0 saturated heterocycles. The number of rotatable bonds is 1. The Morgan fingerprint density at radius 1 is 1.69 bits per heavy atom. The average Bonchev–Trinajstić information content (AvgIpc) is 2.44. The highest BCUT2D eigenvalue weighted by atomic mass is 16.5. The number of nitrogens with zero attached hydrogens (tertiary/aromatic N) is 1. The molecule has 1 aliphatic carbocycles. The summed E-state index contributed by atoms with van der Waals surface area (Å²) in [7, 11) is 1.24. The Morgan fingerprint density at radius 3 is 2.85 bits per heavy atom. The first kappa shape index (κ1) is 9.70. The maximum Gasteiger partial charge on any atom is 0.427 e.